The van der Waals surface area contributed by atoms with Crippen molar-refractivity contribution in [1.29, 1.82) is 0 Å². The first-order chi connectivity index (χ1) is 12.1. The molecule has 0 saturated carbocycles. The number of ether oxygens (including phenoxy) is 1. The summed E-state index contributed by atoms with van der Waals surface area (Å²) in [6, 6.07) is 14.0. The molecule has 0 amide bonds. The maximum Gasteiger partial charge on any atom is 0.194 e. The van der Waals surface area contributed by atoms with Crippen molar-refractivity contribution in [1.82, 2.24) is 4.98 Å². The molecule has 0 aliphatic heterocycles. The van der Waals surface area contributed by atoms with Gasteiger partial charge in [-0.2, -0.15) is 0 Å². The second-order valence-electron chi connectivity index (χ2n) is 5.64. The van der Waals surface area contributed by atoms with Crippen LogP contribution in [0.4, 0.5) is 5.13 Å². The molecule has 3 N–H and O–H groups in total. The summed E-state index contributed by atoms with van der Waals surface area (Å²) in [5.74, 6) is 1.94. The van der Waals surface area contributed by atoms with Crippen LogP contribution in [0, 0.1) is 13.8 Å². The second-order valence-corrected chi connectivity index (χ2v) is 6.50. The summed E-state index contributed by atoms with van der Waals surface area (Å²) >= 11 is 1.47. The number of nitrogens with one attached hydrogen (secondary N) is 1. The molecule has 0 aliphatic carbocycles. The molecule has 0 saturated heterocycles. The Morgan fingerprint density at radius 1 is 1.16 bits per heavy atom. The van der Waals surface area contributed by atoms with Gasteiger partial charge in [-0.25, -0.2) is 4.98 Å². The van der Waals surface area contributed by atoms with Gasteiger partial charge in [-0.05, 0) is 37.6 Å². The number of aliphatic imine (C=N–C) groups is 1. The number of hydrogen-bond acceptors (Lipinski definition) is 4. The van der Waals surface area contributed by atoms with E-state index in [1.165, 1.54) is 16.9 Å². The number of anilines is 1. The van der Waals surface area contributed by atoms with Crippen LogP contribution in [0.3, 0.4) is 0 Å². The van der Waals surface area contributed by atoms with Gasteiger partial charge in [-0.3, -0.25) is 4.99 Å². The third-order valence-corrected chi connectivity index (χ3v) is 4.45. The largest absolute Gasteiger partial charge is 0.456 e. The van der Waals surface area contributed by atoms with Gasteiger partial charge in [0.25, 0.3) is 0 Å². The lowest BCUT2D eigenvalue weighted by atomic mass is 10.1. The number of para-hydroxylation sites is 1. The average molecular weight is 352 g/mol. The van der Waals surface area contributed by atoms with Gasteiger partial charge in [-0.1, -0.05) is 29.8 Å². The second kappa shape index (κ2) is 7.36. The van der Waals surface area contributed by atoms with Crippen molar-refractivity contribution in [3.05, 3.63) is 59.0 Å². The van der Waals surface area contributed by atoms with E-state index >= 15 is 0 Å². The molecular formula is C19H20N4OS. The van der Waals surface area contributed by atoms with E-state index in [0.29, 0.717) is 11.1 Å². The third-order valence-electron chi connectivity index (χ3n) is 3.69. The van der Waals surface area contributed by atoms with Gasteiger partial charge < -0.3 is 15.8 Å². The summed E-state index contributed by atoms with van der Waals surface area (Å²) in [7, 11) is 1.63. The zero-order valence-electron chi connectivity index (χ0n) is 14.4. The van der Waals surface area contributed by atoms with Gasteiger partial charge in [0.1, 0.15) is 11.5 Å². The number of thiazole rings is 1. The van der Waals surface area contributed by atoms with Crippen molar-refractivity contribution in [3.8, 4) is 22.8 Å². The summed E-state index contributed by atoms with van der Waals surface area (Å²) in [6.45, 7) is 4.11. The van der Waals surface area contributed by atoms with E-state index < -0.39 is 0 Å². The van der Waals surface area contributed by atoms with Crippen molar-refractivity contribution < 1.29 is 4.74 Å². The maximum absolute atomic E-state index is 6.16. The summed E-state index contributed by atoms with van der Waals surface area (Å²) in [5.41, 5.74) is 9.77. The summed E-state index contributed by atoms with van der Waals surface area (Å²) < 4.78 is 6.16. The molecule has 5 nitrogen and oxygen atoms in total. The van der Waals surface area contributed by atoms with E-state index in [1.54, 1.807) is 7.05 Å². The molecule has 0 spiro atoms. The Labute approximate surface area is 151 Å². The Balaban J connectivity index is 1.91. The Bertz CT molecular complexity index is 917. The van der Waals surface area contributed by atoms with Gasteiger partial charge in [-0.15, -0.1) is 11.3 Å². The molecule has 128 valence electrons. The van der Waals surface area contributed by atoms with Gasteiger partial charge in [0, 0.05) is 18.0 Å². The zero-order chi connectivity index (χ0) is 17.8. The Hall–Kier alpha value is -2.86. The molecule has 6 heteroatoms. The maximum atomic E-state index is 6.16. The van der Waals surface area contributed by atoms with Crippen LogP contribution >= 0.6 is 11.3 Å². The summed E-state index contributed by atoms with van der Waals surface area (Å²) in [4.78, 5) is 8.46. The number of nitrogens with zero attached hydrogens (tertiary/aromatic N) is 2. The number of hydrogen-bond donors (Lipinski definition) is 2. The first-order valence-corrected chi connectivity index (χ1v) is 8.74. The molecule has 3 aromatic rings. The zero-order valence-corrected chi connectivity index (χ0v) is 15.2. The number of guanidine groups is 1. The first-order valence-electron chi connectivity index (χ1n) is 7.86. The van der Waals surface area contributed by atoms with Crippen molar-refractivity contribution in [2.75, 3.05) is 12.4 Å². The highest BCUT2D eigenvalue weighted by molar-refractivity contribution is 7.14. The monoisotopic (exact) mass is 352 g/mol. The van der Waals surface area contributed by atoms with Crippen LogP contribution in [0.1, 0.15) is 11.1 Å². The fraction of sp³-hybridized carbons (Fsp3) is 0.158. The molecule has 0 fully saturated rings. The lowest BCUT2D eigenvalue weighted by molar-refractivity contribution is 0.480. The highest BCUT2D eigenvalue weighted by Gasteiger charge is 2.12. The van der Waals surface area contributed by atoms with Crippen molar-refractivity contribution in [2.45, 2.75) is 13.8 Å². The molecule has 3 rings (SSSR count). The first kappa shape index (κ1) is 17.0. The molecule has 0 unspecified atom stereocenters. The topological polar surface area (TPSA) is 72.5 Å². The van der Waals surface area contributed by atoms with E-state index in [9.17, 15) is 0 Å². The molecule has 0 atom stereocenters. The van der Waals surface area contributed by atoms with E-state index in [4.69, 9.17) is 10.5 Å². The quantitative estimate of drug-likeness (QED) is 0.533. The normalized spacial score (nSPS) is 11.4. The van der Waals surface area contributed by atoms with Gasteiger partial charge in [0.05, 0.1) is 5.69 Å². The molecule has 0 aliphatic rings. The van der Waals surface area contributed by atoms with Crippen LogP contribution < -0.4 is 15.8 Å². The van der Waals surface area contributed by atoms with Crippen LogP contribution in [0.5, 0.6) is 11.5 Å². The van der Waals surface area contributed by atoms with Crippen LogP contribution in [-0.4, -0.2) is 18.0 Å². The van der Waals surface area contributed by atoms with E-state index in [1.807, 2.05) is 48.7 Å². The van der Waals surface area contributed by atoms with Crippen LogP contribution in [0.2, 0.25) is 0 Å². The minimum absolute atomic E-state index is 0.334. The predicted octanol–water partition coefficient (Wildman–Crippen LogP) is 4.58. The Morgan fingerprint density at radius 3 is 2.72 bits per heavy atom. The lowest BCUT2D eigenvalue weighted by Gasteiger charge is -2.12. The van der Waals surface area contributed by atoms with Crippen molar-refractivity contribution in [3.63, 3.8) is 0 Å². The van der Waals surface area contributed by atoms with Gasteiger partial charge >= 0.3 is 0 Å². The summed E-state index contributed by atoms with van der Waals surface area (Å²) in [6.07, 6.45) is 0. The van der Waals surface area contributed by atoms with E-state index in [2.05, 4.69) is 28.3 Å². The van der Waals surface area contributed by atoms with Crippen LogP contribution in [0.25, 0.3) is 11.3 Å². The van der Waals surface area contributed by atoms with Gasteiger partial charge in [0.15, 0.2) is 11.1 Å². The highest BCUT2D eigenvalue weighted by atomic mass is 32.1. The van der Waals surface area contributed by atoms with Crippen LogP contribution in [0.15, 0.2) is 52.8 Å². The van der Waals surface area contributed by atoms with Crippen molar-refractivity contribution in [2.24, 2.45) is 10.7 Å². The number of nitrogens with two attached hydrogens (primary N) is 1. The average Bonchev–Trinajstić information content (AvgIpc) is 3.06. The molecular weight excluding hydrogens is 332 g/mol. The smallest absolute Gasteiger partial charge is 0.194 e. The number of aryl methyl sites for hydroxylation is 2. The standard InChI is InChI=1S/C19H20N4OS/c1-12-8-9-16(13(2)10-12)24-17-7-5-4-6-14(17)15-11-25-19(22-15)23-18(20)21-3/h4-11H,1-3H3,(H3,20,21,22,23). The third kappa shape index (κ3) is 3.97. The van der Waals surface area contributed by atoms with Crippen LogP contribution in [-0.2, 0) is 0 Å². The number of rotatable bonds is 4. The minimum Gasteiger partial charge on any atom is -0.456 e. The van der Waals surface area contributed by atoms with Gasteiger partial charge in [0.2, 0.25) is 0 Å². The Morgan fingerprint density at radius 2 is 1.96 bits per heavy atom. The van der Waals surface area contributed by atoms with Crippen molar-refractivity contribution >= 4 is 22.4 Å². The van der Waals surface area contributed by atoms with E-state index in [-0.39, 0.29) is 0 Å². The van der Waals surface area contributed by atoms with E-state index in [0.717, 1.165) is 28.3 Å². The SMILES string of the molecule is CN=C(N)Nc1nc(-c2ccccc2Oc2ccc(C)cc2C)cs1. The summed E-state index contributed by atoms with van der Waals surface area (Å²) in [5, 5.41) is 5.62. The number of aromatic nitrogens is 1. The molecule has 25 heavy (non-hydrogen) atoms. The minimum atomic E-state index is 0.334. The highest BCUT2D eigenvalue weighted by Crippen LogP contribution is 2.35. The predicted molar refractivity (Wildman–Crippen MR) is 105 cm³/mol. The molecule has 2 aromatic carbocycles. The molecule has 1 aromatic heterocycles. The number of benzene rings is 2. The fourth-order valence-corrected chi connectivity index (χ4v) is 3.14. The molecule has 0 bridgehead atoms. The Kier molecular flexibility index (Phi) is 5.00. The lowest BCUT2D eigenvalue weighted by Crippen LogP contribution is -2.21. The fourth-order valence-electron chi connectivity index (χ4n) is 2.42. The molecule has 0 radical (unpaired) electrons. The molecule has 1 heterocycles.